The van der Waals surface area contributed by atoms with Gasteiger partial charge in [-0.1, -0.05) is 6.07 Å². The number of methoxy groups -OCH3 is 1. The van der Waals surface area contributed by atoms with Gasteiger partial charge in [0.25, 0.3) is 10.2 Å². The smallest absolute Gasteiger partial charge is 0.321 e. The van der Waals surface area contributed by atoms with Gasteiger partial charge < -0.3 is 4.74 Å². The molecule has 1 aromatic rings. The molecule has 0 aliphatic carbocycles. The third kappa shape index (κ3) is 4.07. The maximum atomic E-state index is 12.5. The van der Waals surface area contributed by atoms with Gasteiger partial charge in [-0.2, -0.15) is 17.0 Å². The average Bonchev–Trinajstić information content (AvgIpc) is 2.55. The number of nitrogens with zero attached hydrogens (tertiary/aromatic N) is 3. The number of aryl methyl sites for hydroxylation is 1. The normalized spacial score (nSPS) is 17.4. The van der Waals surface area contributed by atoms with Crippen LogP contribution in [0.1, 0.15) is 30.0 Å². The van der Waals surface area contributed by atoms with Crippen molar-refractivity contribution in [2.45, 2.75) is 25.7 Å². The van der Waals surface area contributed by atoms with Gasteiger partial charge in [0.05, 0.1) is 7.11 Å². The van der Waals surface area contributed by atoms with Crippen LogP contribution in [-0.4, -0.2) is 61.8 Å². The van der Waals surface area contributed by atoms with E-state index in [1.54, 1.807) is 6.20 Å². The number of piperidine rings is 1. The summed E-state index contributed by atoms with van der Waals surface area (Å²) in [5, 5.41) is 0. The number of hydrogen-bond donors (Lipinski definition) is 0. The molecule has 8 heteroatoms. The van der Waals surface area contributed by atoms with Gasteiger partial charge in [0.2, 0.25) is 0 Å². The van der Waals surface area contributed by atoms with E-state index < -0.39 is 16.2 Å². The lowest BCUT2D eigenvalue weighted by Crippen LogP contribution is -2.47. The number of pyridine rings is 1. The minimum absolute atomic E-state index is 0.272. The number of aromatic nitrogens is 1. The zero-order valence-corrected chi connectivity index (χ0v) is 14.5. The molecular weight excluding hydrogens is 318 g/mol. The zero-order valence-electron chi connectivity index (χ0n) is 13.7. The summed E-state index contributed by atoms with van der Waals surface area (Å²) < 4.78 is 31.9. The third-order valence-electron chi connectivity index (χ3n) is 4.19. The van der Waals surface area contributed by atoms with Crippen LogP contribution < -0.4 is 0 Å². The van der Waals surface area contributed by atoms with Crippen LogP contribution >= 0.6 is 0 Å². The first-order valence-corrected chi connectivity index (χ1v) is 8.95. The maximum absolute atomic E-state index is 12.5. The highest BCUT2D eigenvalue weighted by Gasteiger charge is 2.33. The number of esters is 1. The number of carbonyl (C=O) groups is 1. The van der Waals surface area contributed by atoms with Gasteiger partial charge in [0, 0.05) is 37.9 Å². The maximum Gasteiger partial charge on any atom is 0.321 e. The molecule has 1 aliphatic heterocycles. The Morgan fingerprint density at radius 2 is 2.09 bits per heavy atom. The lowest BCUT2D eigenvalue weighted by Gasteiger charge is -2.33. The molecule has 1 aromatic heterocycles. The molecule has 23 heavy (non-hydrogen) atoms. The standard InChI is InChI=1S/C15H23N3O4S/c1-12-5-4-8-16-15(12)13-6-9-18(10-7-13)23(20,21)17(2)11-14(19)22-3/h4-5,8,13H,6-7,9-11H2,1-3H3. The van der Waals surface area contributed by atoms with E-state index in [1.807, 2.05) is 19.1 Å². The number of rotatable bonds is 5. The highest BCUT2D eigenvalue weighted by Crippen LogP contribution is 2.29. The first-order chi connectivity index (χ1) is 10.9. The second-order valence-electron chi connectivity index (χ2n) is 5.72. The van der Waals surface area contributed by atoms with Crippen molar-refractivity contribution >= 4 is 16.2 Å². The largest absolute Gasteiger partial charge is 0.468 e. The van der Waals surface area contributed by atoms with Crippen LogP contribution in [0.2, 0.25) is 0 Å². The number of likely N-dealkylation sites (N-methyl/N-ethyl adjacent to an activating group) is 1. The van der Waals surface area contributed by atoms with E-state index in [0.29, 0.717) is 13.1 Å². The van der Waals surface area contributed by atoms with Crippen LogP contribution in [0.25, 0.3) is 0 Å². The fourth-order valence-electron chi connectivity index (χ4n) is 2.81. The highest BCUT2D eigenvalue weighted by molar-refractivity contribution is 7.86. The van der Waals surface area contributed by atoms with Gasteiger partial charge in [0.1, 0.15) is 6.54 Å². The summed E-state index contributed by atoms with van der Waals surface area (Å²) in [5.74, 6) is -0.302. The molecule has 0 amide bonds. The third-order valence-corrected chi connectivity index (χ3v) is 6.12. The molecule has 0 saturated carbocycles. The molecule has 1 aliphatic rings. The van der Waals surface area contributed by atoms with E-state index in [2.05, 4.69) is 9.72 Å². The lowest BCUT2D eigenvalue weighted by atomic mass is 9.92. The summed E-state index contributed by atoms with van der Waals surface area (Å²) in [5.41, 5.74) is 2.18. The molecular formula is C15H23N3O4S. The summed E-state index contributed by atoms with van der Waals surface area (Å²) in [4.78, 5) is 15.7. The van der Waals surface area contributed by atoms with Crippen molar-refractivity contribution in [2.75, 3.05) is 33.8 Å². The Hall–Kier alpha value is -1.51. The summed E-state index contributed by atoms with van der Waals surface area (Å²) in [7, 11) is -1.01. The van der Waals surface area contributed by atoms with Gasteiger partial charge in [-0.3, -0.25) is 9.78 Å². The summed E-state index contributed by atoms with van der Waals surface area (Å²) >= 11 is 0. The van der Waals surface area contributed by atoms with Crippen molar-refractivity contribution in [3.05, 3.63) is 29.6 Å². The minimum atomic E-state index is -3.64. The van der Waals surface area contributed by atoms with E-state index in [9.17, 15) is 13.2 Å². The van der Waals surface area contributed by atoms with Crippen molar-refractivity contribution in [2.24, 2.45) is 0 Å². The second-order valence-corrected chi connectivity index (χ2v) is 7.75. The van der Waals surface area contributed by atoms with Crippen molar-refractivity contribution < 1.29 is 17.9 Å². The van der Waals surface area contributed by atoms with Gasteiger partial charge in [0.15, 0.2) is 0 Å². The highest BCUT2D eigenvalue weighted by atomic mass is 32.2. The molecule has 0 N–H and O–H groups in total. The van der Waals surface area contributed by atoms with E-state index in [4.69, 9.17) is 0 Å². The van der Waals surface area contributed by atoms with Crippen molar-refractivity contribution in [3.63, 3.8) is 0 Å². The molecule has 7 nitrogen and oxygen atoms in total. The fourth-order valence-corrected chi connectivity index (χ4v) is 4.15. The molecule has 2 rings (SSSR count). The zero-order chi connectivity index (χ0) is 17.0. The van der Waals surface area contributed by atoms with Crippen LogP contribution in [0.15, 0.2) is 18.3 Å². The van der Waals surface area contributed by atoms with Crippen LogP contribution in [0.3, 0.4) is 0 Å². The molecule has 0 bridgehead atoms. The molecule has 0 radical (unpaired) electrons. The Labute approximate surface area is 137 Å². The molecule has 1 fully saturated rings. The Kier molecular flexibility index (Phi) is 5.72. The molecule has 0 aromatic carbocycles. The quantitative estimate of drug-likeness (QED) is 0.744. The Morgan fingerprint density at radius 3 is 2.65 bits per heavy atom. The van der Waals surface area contributed by atoms with Crippen LogP contribution in [0, 0.1) is 6.92 Å². The van der Waals surface area contributed by atoms with Crippen molar-refractivity contribution in [3.8, 4) is 0 Å². The number of ether oxygens (including phenoxy) is 1. The first-order valence-electron chi connectivity index (χ1n) is 7.56. The number of carbonyl (C=O) groups excluding carboxylic acids is 1. The van der Waals surface area contributed by atoms with Crippen LogP contribution in [0.4, 0.5) is 0 Å². The molecule has 0 atom stereocenters. The summed E-state index contributed by atoms with van der Waals surface area (Å²) in [6.45, 7) is 2.59. The van der Waals surface area contributed by atoms with Gasteiger partial charge in [-0.05, 0) is 31.4 Å². The summed E-state index contributed by atoms with van der Waals surface area (Å²) in [6, 6.07) is 3.93. The predicted octanol–water partition coefficient (Wildman–Crippen LogP) is 0.919. The molecule has 0 spiro atoms. The van der Waals surface area contributed by atoms with Gasteiger partial charge in [-0.25, -0.2) is 0 Å². The minimum Gasteiger partial charge on any atom is -0.468 e. The summed E-state index contributed by atoms with van der Waals surface area (Å²) in [6.07, 6.45) is 3.22. The van der Waals surface area contributed by atoms with Crippen LogP contribution in [-0.2, 0) is 19.7 Å². The SMILES string of the molecule is COC(=O)CN(C)S(=O)(=O)N1CCC(c2ncccc2C)CC1. The molecule has 0 unspecified atom stereocenters. The fraction of sp³-hybridized carbons (Fsp3) is 0.600. The molecule has 128 valence electrons. The Bertz CT molecular complexity index is 654. The second kappa shape index (κ2) is 7.37. The lowest BCUT2D eigenvalue weighted by molar-refractivity contribution is -0.140. The van der Waals surface area contributed by atoms with E-state index >= 15 is 0 Å². The van der Waals surface area contributed by atoms with Crippen molar-refractivity contribution in [1.82, 2.24) is 13.6 Å². The monoisotopic (exact) mass is 341 g/mol. The Balaban J connectivity index is 2.01. The van der Waals surface area contributed by atoms with E-state index in [-0.39, 0.29) is 12.5 Å². The Morgan fingerprint density at radius 1 is 1.43 bits per heavy atom. The topological polar surface area (TPSA) is 79.8 Å². The van der Waals surface area contributed by atoms with Crippen molar-refractivity contribution in [1.29, 1.82) is 0 Å². The molecule has 2 heterocycles. The van der Waals surface area contributed by atoms with Crippen LogP contribution in [0.5, 0.6) is 0 Å². The molecule has 1 saturated heterocycles. The van der Waals surface area contributed by atoms with E-state index in [1.165, 1.54) is 18.5 Å². The van der Waals surface area contributed by atoms with Gasteiger partial charge >= 0.3 is 5.97 Å². The van der Waals surface area contributed by atoms with E-state index in [0.717, 1.165) is 28.4 Å². The average molecular weight is 341 g/mol. The van der Waals surface area contributed by atoms with Gasteiger partial charge in [-0.15, -0.1) is 0 Å². The number of hydrogen-bond acceptors (Lipinski definition) is 5. The first kappa shape index (κ1) is 17.8. The predicted molar refractivity (Wildman–Crippen MR) is 86.1 cm³/mol.